The highest BCUT2D eigenvalue weighted by atomic mass is 16.6. The second-order valence-corrected chi connectivity index (χ2v) is 5.60. The average Bonchev–Trinajstić information content (AvgIpc) is 2.26. The summed E-state index contributed by atoms with van der Waals surface area (Å²) in [5.41, 5.74) is -2.33. The predicted molar refractivity (Wildman–Crippen MR) is 74.1 cm³/mol. The van der Waals surface area contributed by atoms with Crippen molar-refractivity contribution in [3.05, 3.63) is 33.9 Å². The molecular formula is C13H18N2O5. The molecule has 0 radical (unpaired) electrons. The highest BCUT2D eigenvalue weighted by Crippen LogP contribution is 2.29. The Morgan fingerprint density at radius 1 is 1.30 bits per heavy atom. The summed E-state index contributed by atoms with van der Waals surface area (Å²) in [6.45, 7) is 6.70. The third-order valence-corrected chi connectivity index (χ3v) is 3.41. The summed E-state index contributed by atoms with van der Waals surface area (Å²) in [4.78, 5) is 21.1. The van der Waals surface area contributed by atoms with Crippen molar-refractivity contribution < 1.29 is 19.9 Å². The van der Waals surface area contributed by atoms with E-state index in [1.165, 1.54) is 12.1 Å². The monoisotopic (exact) mass is 282 g/mol. The number of aliphatic hydroxyl groups is 1. The van der Waals surface area contributed by atoms with Crippen molar-refractivity contribution in [2.24, 2.45) is 0 Å². The number of nitro benzene ring substituents is 1. The lowest BCUT2D eigenvalue weighted by molar-refractivity contribution is -0.385. The van der Waals surface area contributed by atoms with Gasteiger partial charge >= 0.3 is 5.97 Å². The maximum absolute atomic E-state index is 10.9. The van der Waals surface area contributed by atoms with Crippen LogP contribution in [0.15, 0.2) is 18.2 Å². The smallest absolute Gasteiger partial charge is 0.342 e. The van der Waals surface area contributed by atoms with E-state index in [0.29, 0.717) is 5.69 Å². The van der Waals surface area contributed by atoms with Crippen molar-refractivity contribution in [1.29, 1.82) is 0 Å². The number of aromatic carboxylic acids is 1. The molecule has 0 aliphatic heterocycles. The van der Waals surface area contributed by atoms with E-state index in [4.69, 9.17) is 5.11 Å². The van der Waals surface area contributed by atoms with Crippen LogP contribution in [-0.4, -0.2) is 32.2 Å². The molecule has 0 aliphatic rings. The first kappa shape index (κ1) is 15.9. The van der Waals surface area contributed by atoms with Gasteiger partial charge in [0.15, 0.2) is 0 Å². The molecule has 0 fully saturated rings. The van der Waals surface area contributed by atoms with Crippen molar-refractivity contribution >= 4 is 17.3 Å². The van der Waals surface area contributed by atoms with E-state index >= 15 is 0 Å². The SMILES string of the molecule is CC(C)(O)C(C)(C)Nc1ccc(C(=O)O)c([N+](=O)[O-])c1. The fraction of sp³-hybridized carbons (Fsp3) is 0.462. The Labute approximate surface area is 116 Å². The molecule has 110 valence electrons. The lowest BCUT2D eigenvalue weighted by atomic mass is 9.85. The van der Waals surface area contributed by atoms with Crippen molar-refractivity contribution in [3.8, 4) is 0 Å². The zero-order valence-corrected chi connectivity index (χ0v) is 11.8. The number of hydrogen-bond acceptors (Lipinski definition) is 5. The highest BCUT2D eigenvalue weighted by Gasteiger charge is 2.35. The summed E-state index contributed by atoms with van der Waals surface area (Å²) < 4.78 is 0. The van der Waals surface area contributed by atoms with Gasteiger partial charge in [0.2, 0.25) is 0 Å². The van der Waals surface area contributed by atoms with Gasteiger partial charge in [-0.25, -0.2) is 4.79 Å². The minimum absolute atomic E-state index is 0.369. The van der Waals surface area contributed by atoms with Crippen molar-refractivity contribution in [1.82, 2.24) is 0 Å². The maximum Gasteiger partial charge on any atom is 0.342 e. The largest absolute Gasteiger partial charge is 0.477 e. The number of nitro groups is 1. The lowest BCUT2D eigenvalue weighted by Crippen LogP contribution is -2.51. The molecule has 1 rings (SSSR count). The second-order valence-electron chi connectivity index (χ2n) is 5.60. The molecular weight excluding hydrogens is 264 g/mol. The van der Waals surface area contributed by atoms with Gasteiger partial charge in [-0.15, -0.1) is 0 Å². The molecule has 0 saturated heterocycles. The van der Waals surface area contributed by atoms with Crippen LogP contribution in [0.5, 0.6) is 0 Å². The number of carboxylic acids is 1. The van der Waals surface area contributed by atoms with E-state index in [2.05, 4.69) is 5.32 Å². The van der Waals surface area contributed by atoms with Gasteiger partial charge in [0.25, 0.3) is 5.69 Å². The first-order valence-corrected chi connectivity index (χ1v) is 5.98. The van der Waals surface area contributed by atoms with Crippen LogP contribution >= 0.6 is 0 Å². The molecule has 0 atom stereocenters. The van der Waals surface area contributed by atoms with Crippen molar-refractivity contribution in [2.45, 2.75) is 38.8 Å². The average molecular weight is 282 g/mol. The predicted octanol–water partition coefficient (Wildman–Crippen LogP) is 2.25. The number of nitrogens with one attached hydrogen (secondary N) is 1. The van der Waals surface area contributed by atoms with Crippen LogP contribution in [0.3, 0.4) is 0 Å². The maximum atomic E-state index is 10.9. The number of hydrogen-bond donors (Lipinski definition) is 3. The minimum atomic E-state index is -1.36. The first-order valence-electron chi connectivity index (χ1n) is 5.98. The molecule has 20 heavy (non-hydrogen) atoms. The Hall–Kier alpha value is -2.15. The van der Waals surface area contributed by atoms with Crippen molar-refractivity contribution in [2.75, 3.05) is 5.32 Å². The van der Waals surface area contributed by atoms with Crippen LogP contribution in [0.2, 0.25) is 0 Å². The fourth-order valence-corrected chi connectivity index (χ4v) is 1.46. The van der Waals surface area contributed by atoms with Crippen LogP contribution in [0.1, 0.15) is 38.1 Å². The van der Waals surface area contributed by atoms with E-state index in [9.17, 15) is 20.0 Å². The molecule has 0 aliphatic carbocycles. The topological polar surface area (TPSA) is 113 Å². The van der Waals surface area contributed by atoms with Crippen LogP contribution in [0.25, 0.3) is 0 Å². The third-order valence-electron chi connectivity index (χ3n) is 3.41. The Bertz CT molecular complexity index is 546. The number of rotatable bonds is 5. The van der Waals surface area contributed by atoms with Gasteiger partial charge in [0.1, 0.15) is 5.56 Å². The Morgan fingerprint density at radius 2 is 1.85 bits per heavy atom. The highest BCUT2D eigenvalue weighted by molar-refractivity contribution is 5.93. The number of carboxylic acid groups (broad SMARTS) is 1. The standard InChI is InChI=1S/C13H18N2O5/c1-12(2,13(3,4)18)14-8-5-6-9(11(16)17)10(7-8)15(19)20/h5-7,14,18H,1-4H3,(H,16,17). The number of anilines is 1. The summed E-state index contributed by atoms with van der Waals surface area (Å²) in [7, 11) is 0. The van der Waals surface area contributed by atoms with Gasteiger partial charge in [0.05, 0.1) is 16.1 Å². The normalized spacial score (nSPS) is 12.1. The van der Waals surface area contributed by atoms with Gasteiger partial charge in [-0.2, -0.15) is 0 Å². The quantitative estimate of drug-likeness (QED) is 0.564. The molecule has 1 aromatic carbocycles. The summed E-state index contributed by atoms with van der Waals surface area (Å²) in [5.74, 6) is -1.36. The Morgan fingerprint density at radius 3 is 2.25 bits per heavy atom. The molecule has 3 N–H and O–H groups in total. The molecule has 0 unspecified atom stereocenters. The van der Waals surface area contributed by atoms with Gasteiger partial charge in [-0.3, -0.25) is 10.1 Å². The van der Waals surface area contributed by atoms with Gasteiger partial charge in [-0.1, -0.05) is 0 Å². The molecule has 0 saturated carbocycles. The Balaban J connectivity index is 3.20. The van der Waals surface area contributed by atoms with Crippen LogP contribution in [0, 0.1) is 10.1 Å². The summed E-state index contributed by atoms with van der Waals surface area (Å²) in [6.07, 6.45) is 0. The summed E-state index contributed by atoms with van der Waals surface area (Å²) in [6, 6.07) is 3.75. The molecule has 0 heterocycles. The number of nitrogens with zero attached hydrogens (tertiary/aromatic N) is 1. The van der Waals surface area contributed by atoms with Crippen LogP contribution in [-0.2, 0) is 0 Å². The fourth-order valence-electron chi connectivity index (χ4n) is 1.46. The molecule has 7 heteroatoms. The number of benzene rings is 1. The summed E-state index contributed by atoms with van der Waals surface area (Å²) in [5, 5.41) is 32.8. The van der Waals surface area contributed by atoms with E-state index in [1.54, 1.807) is 27.7 Å². The molecule has 1 aromatic rings. The van der Waals surface area contributed by atoms with E-state index < -0.39 is 27.7 Å². The second kappa shape index (κ2) is 5.09. The lowest BCUT2D eigenvalue weighted by Gasteiger charge is -2.38. The molecule has 0 bridgehead atoms. The molecule has 0 aromatic heterocycles. The van der Waals surface area contributed by atoms with Crippen LogP contribution in [0.4, 0.5) is 11.4 Å². The summed E-state index contributed by atoms with van der Waals surface area (Å²) >= 11 is 0. The van der Waals surface area contributed by atoms with E-state index in [1.807, 2.05) is 0 Å². The Kier molecular flexibility index (Phi) is 4.04. The van der Waals surface area contributed by atoms with E-state index in [0.717, 1.165) is 6.07 Å². The van der Waals surface area contributed by atoms with Gasteiger partial charge in [-0.05, 0) is 39.8 Å². The van der Waals surface area contributed by atoms with Gasteiger partial charge < -0.3 is 15.5 Å². The molecule has 7 nitrogen and oxygen atoms in total. The van der Waals surface area contributed by atoms with Crippen molar-refractivity contribution in [3.63, 3.8) is 0 Å². The third kappa shape index (κ3) is 3.24. The molecule has 0 amide bonds. The minimum Gasteiger partial charge on any atom is -0.477 e. The number of carbonyl (C=O) groups is 1. The van der Waals surface area contributed by atoms with Gasteiger partial charge in [0, 0.05) is 11.8 Å². The zero-order chi connectivity index (χ0) is 15.7. The zero-order valence-electron chi connectivity index (χ0n) is 11.8. The van der Waals surface area contributed by atoms with Crippen LogP contribution < -0.4 is 5.32 Å². The van der Waals surface area contributed by atoms with E-state index in [-0.39, 0.29) is 5.56 Å². The molecule has 0 spiro atoms. The first-order chi connectivity index (χ1) is 8.95.